The fourth-order valence-electron chi connectivity index (χ4n) is 1.97. The van der Waals surface area contributed by atoms with E-state index >= 15 is 0 Å². The van der Waals surface area contributed by atoms with Crippen molar-refractivity contribution in [2.75, 3.05) is 0 Å². The Labute approximate surface area is 100 Å². The fourth-order valence-corrected chi connectivity index (χ4v) is 1.97. The van der Waals surface area contributed by atoms with Crippen LogP contribution >= 0.6 is 0 Å². The van der Waals surface area contributed by atoms with Crippen LogP contribution in [0.3, 0.4) is 0 Å². The van der Waals surface area contributed by atoms with Crippen molar-refractivity contribution in [3.63, 3.8) is 0 Å². The maximum absolute atomic E-state index is 5.64. The topological polar surface area (TPSA) is 73.7 Å². The van der Waals surface area contributed by atoms with Gasteiger partial charge < -0.3 is 0 Å². The number of hydrogen-bond acceptors (Lipinski definition) is 4. The third kappa shape index (κ3) is 2.22. The molecule has 0 amide bonds. The van der Waals surface area contributed by atoms with Crippen LogP contribution < -0.4 is 11.3 Å². The molecule has 2 aromatic rings. The summed E-state index contributed by atoms with van der Waals surface area (Å²) in [7, 11) is 1.90. The summed E-state index contributed by atoms with van der Waals surface area (Å²) >= 11 is 0. The zero-order valence-electron chi connectivity index (χ0n) is 10.4. The van der Waals surface area contributed by atoms with E-state index in [1.54, 1.807) is 4.68 Å². The molecule has 17 heavy (non-hydrogen) atoms. The van der Waals surface area contributed by atoms with E-state index in [-0.39, 0.29) is 6.04 Å². The van der Waals surface area contributed by atoms with Gasteiger partial charge in [0.15, 0.2) is 0 Å². The van der Waals surface area contributed by atoms with Gasteiger partial charge in [0.25, 0.3) is 0 Å². The van der Waals surface area contributed by atoms with Crippen molar-refractivity contribution in [1.29, 1.82) is 0 Å². The monoisotopic (exact) mass is 234 g/mol. The molecule has 0 saturated heterocycles. The summed E-state index contributed by atoms with van der Waals surface area (Å²) in [6.07, 6.45) is 5.81. The molecule has 0 aliphatic carbocycles. The lowest BCUT2D eigenvalue weighted by Gasteiger charge is -2.12. The van der Waals surface area contributed by atoms with Crippen LogP contribution in [0.15, 0.2) is 18.6 Å². The minimum atomic E-state index is -0.0657. The second-order valence-electron chi connectivity index (χ2n) is 4.07. The normalized spacial score (nSPS) is 12.9. The highest BCUT2D eigenvalue weighted by atomic mass is 15.3. The van der Waals surface area contributed by atoms with Gasteiger partial charge in [-0.25, -0.2) is 5.43 Å². The van der Waals surface area contributed by atoms with Gasteiger partial charge in [-0.3, -0.25) is 15.2 Å². The molecule has 0 spiro atoms. The van der Waals surface area contributed by atoms with Gasteiger partial charge in [-0.15, -0.1) is 0 Å². The average Bonchev–Trinajstić information content (AvgIpc) is 2.88. The van der Waals surface area contributed by atoms with Crippen molar-refractivity contribution in [3.8, 4) is 0 Å². The number of nitrogens with zero attached hydrogens (tertiary/aromatic N) is 4. The lowest BCUT2D eigenvalue weighted by molar-refractivity contribution is 0.627. The lowest BCUT2D eigenvalue weighted by atomic mass is 10.0. The summed E-state index contributed by atoms with van der Waals surface area (Å²) < 4.78 is 3.67. The lowest BCUT2D eigenvalue weighted by Crippen LogP contribution is -2.28. The summed E-state index contributed by atoms with van der Waals surface area (Å²) in [5.41, 5.74) is 5.91. The third-order valence-corrected chi connectivity index (χ3v) is 2.84. The fraction of sp³-hybridized carbons (Fsp3) is 0.455. The Bertz CT molecular complexity index is 498. The summed E-state index contributed by atoms with van der Waals surface area (Å²) in [6, 6.07) is -0.0657. The van der Waals surface area contributed by atoms with Crippen LogP contribution in [0.2, 0.25) is 0 Å². The summed E-state index contributed by atoms with van der Waals surface area (Å²) in [4.78, 5) is 0. The maximum Gasteiger partial charge on any atom is 0.0774 e. The van der Waals surface area contributed by atoms with Crippen molar-refractivity contribution in [1.82, 2.24) is 25.0 Å². The Morgan fingerprint density at radius 1 is 1.47 bits per heavy atom. The number of hydrazine groups is 1. The van der Waals surface area contributed by atoms with Gasteiger partial charge in [0.05, 0.1) is 17.9 Å². The van der Waals surface area contributed by atoms with Gasteiger partial charge in [0, 0.05) is 37.1 Å². The standard InChI is InChI=1S/C11H18N6/c1-4-17-6-9(5-13-17)11(14-12)10-7-16(3)15-8(10)2/h5-7,11,14H,4,12H2,1-3H3. The highest BCUT2D eigenvalue weighted by Crippen LogP contribution is 2.22. The summed E-state index contributed by atoms with van der Waals surface area (Å²) in [5, 5.41) is 8.59. The van der Waals surface area contributed by atoms with Crippen LogP contribution in [-0.4, -0.2) is 19.6 Å². The smallest absolute Gasteiger partial charge is 0.0774 e. The Hall–Kier alpha value is -1.66. The van der Waals surface area contributed by atoms with Crippen LogP contribution in [0.25, 0.3) is 0 Å². The van der Waals surface area contributed by atoms with Crippen molar-refractivity contribution in [2.45, 2.75) is 26.4 Å². The van der Waals surface area contributed by atoms with Gasteiger partial charge >= 0.3 is 0 Å². The quantitative estimate of drug-likeness (QED) is 0.596. The molecule has 2 aromatic heterocycles. The van der Waals surface area contributed by atoms with E-state index in [4.69, 9.17) is 5.84 Å². The van der Waals surface area contributed by atoms with E-state index < -0.39 is 0 Å². The van der Waals surface area contributed by atoms with Gasteiger partial charge in [-0.05, 0) is 13.8 Å². The van der Waals surface area contributed by atoms with E-state index in [9.17, 15) is 0 Å². The molecular formula is C11H18N6. The summed E-state index contributed by atoms with van der Waals surface area (Å²) in [6.45, 7) is 4.88. The van der Waals surface area contributed by atoms with Crippen molar-refractivity contribution in [3.05, 3.63) is 35.4 Å². The Morgan fingerprint density at radius 3 is 2.71 bits per heavy atom. The second kappa shape index (κ2) is 4.68. The number of hydrogen-bond donors (Lipinski definition) is 2. The highest BCUT2D eigenvalue weighted by molar-refractivity contribution is 5.30. The van der Waals surface area contributed by atoms with Crippen molar-refractivity contribution >= 4 is 0 Å². The molecule has 0 saturated carbocycles. The van der Waals surface area contributed by atoms with E-state index in [0.717, 1.165) is 23.4 Å². The largest absolute Gasteiger partial charge is 0.275 e. The van der Waals surface area contributed by atoms with Crippen LogP contribution in [0, 0.1) is 6.92 Å². The molecule has 0 bridgehead atoms. The second-order valence-corrected chi connectivity index (χ2v) is 4.07. The molecule has 6 nitrogen and oxygen atoms in total. The van der Waals surface area contributed by atoms with Crippen LogP contribution in [0.1, 0.15) is 29.8 Å². The van der Waals surface area contributed by atoms with Crippen LogP contribution in [0.4, 0.5) is 0 Å². The first-order valence-electron chi connectivity index (χ1n) is 5.64. The third-order valence-electron chi connectivity index (χ3n) is 2.84. The Balaban J connectivity index is 2.36. The van der Waals surface area contributed by atoms with Crippen LogP contribution in [-0.2, 0) is 13.6 Å². The number of nitrogens with one attached hydrogen (secondary N) is 1. The molecule has 0 radical (unpaired) electrons. The number of aryl methyl sites for hydroxylation is 3. The van der Waals surface area contributed by atoms with Crippen molar-refractivity contribution < 1.29 is 0 Å². The SMILES string of the molecule is CCn1cc(C(NN)c2cn(C)nc2C)cn1. The number of nitrogens with two attached hydrogens (primary N) is 1. The Morgan fingerprint density at radius 2 is 2.24 bits per heavy atom. The minimum Gasteiger partial charge on any atom is -0.275 e. The number of rotatable bonds is 4. The predicted octanol–water partition coefficient (Wildman–Crippen LogP) is 0.498. The first kappa shape index (κ1) is 11.8. The molecule has 3 N–H and O–H groups in total. The molecule has 2 heterocycles. The maximum atomic E-state index is 5.64. The zero-order valence-corrected chi connectivity index (χ0v) is 10.4. The molecule has 0 aromatic carbocycles. The minimum absolute atomic E-state index is 0.0657. The van der Waals surface area contributed by atoms with Gasteiger partial charge in [-0.2, -0.15) is 10.2 Å². The summed E-state index contributed by atoms with van der Waals surface area (Å²) in [5.74, 6) is 5.64. The Kier molecular flexibility index (Phi) is 3.26. The predicted molar refractivity (Wildman–Crippen MR) is 65.0 cm³/mol. The first-order valence-corrected chi connectivity index (χ1v) is 5.64. The van der Waals surface area contributed by atoms with Crippen LogP contribution in [0.5, 0.6) is 0 Å². The average molecular weight is 234 g/mol. The molecular weight excluding hydrogens is 216 g/mol. The highest BCUT2D eigenvalue weighted by Gasteiger charge is 2.18. The molecule has 92 valence electrons. The molecule has 0 fully saturated rings. The van der Waals surface area contributed by atoms with Gasteiger partial charge in [0.1, 0.15) is 0 Å². The number of aromatic nitrogens is 4. The van der Waals surface area contributed by atoms with Gasteiger partial charge in [-0.1, -0.05) is 0 Å². The van der Waals surface area contributed by atoms with E-state index in [1.807, 2.05) is 37.2 Å². The van der Waals surface area contributed by atoms with Gasteiger partial charge in [0.2, 0.25) is 0 Å². The molecule has 6 heteroatoms. The molecule has 1 unspecified atom stereocenters. The van der Waals surface area contributed by atoms with Crippen molar-refractivity contribution in [2.24, 2.45) is 12.9 Å². The molecule has 0 aliphatic rings. The molecule has 1 atom stereocenters. The molecule has 2 rings (SSSR count). The van der Waals surface area contributed by atoms with E-state index in [1.165, 1.54) is 0 Å². The zero-order chi connectivity index (χ0) is 12.4. The molecule has 0 aliphatic heterocycles. The van der Waals surface area contributed by atoms with E-state index in [0.29, 0.717) is 0 Å². The first-order chi connectivity index (χ1) is 8.15. The van der Waals surface area contributed by atoms with E-state index in [2.05, 4.69) is 22.5 Å².